The summed E-state index contributed by atoms with van der Waals surface area (Å²) in [5.74, 6) is 0. The van der Waals surface area contributed by atoms with Gasteiger partial charge in [-0.05, 0) is 20.6 Å². The summed E-state index contributed by atoms with van der Waals surface area (Å²) in [5, 5.41) is 0. The van der Waals surface area contributed by atoms with Crippen molar-refractivity contribution in [3.63, 3.8) is 0 Å². The molecule has 1 fully saturated rings. The maximum atomic E-state index is 5.64. The van der Waals surface area contributed by atoms with Gasteiger partial charge in [-0.3, -0.25) is 0 Å². The van der Waals surface area contributed by atoms with Crippen molar-refractivity contribution in [2.24, 2.45) is 0 Å². The number of hydrogen-bond acceptors (Lipinski definition) is 3. The van der Waals surface area contributed by atoms with Gasteiger partial charge in [-0.15, -0.1) is 0 Å². The van der Waals surface area contributed by atoms with Crippen LogP contribution in [0.2, 0.25) is 0 Å². The highest BCUT2D eigenvalue weighted by Gasteiger charge is 2.18. The van der Waals surface area contributed by atoms with E-state index in [0.29, 0.717) is 6.10 Å². The predicted octanol–water partition coefficient (Wildman–Crippen LogP) is 0.269. The molecule has 72 valence electrons. The molecule has 1 unspecified atom stereocenters. The third-order valence-corrected chi connectivity index (χ3v) is 2.40. The Kier molecular flexibility index (Phi) is 3.98. The molecule has 1 saturated heterocycles. The number of hydrogen-bond donors (Lipinski definition) is 0. The summed E-state index contributed by atoms with van der Waals surface area (Å²) in [6.07, 6.45) is 0.411. The lowest BCUT2D eigenvalue weighted by Gasteiger charge is -2.32. The van der Waals surface area contributed by atoms with Gasteiger partial charge in [-0.1, -0.05) is 6.92 Å². The molecule has 0 aliphatic carbocycles. The van der Waals surface area contributed by atoms with Crippen molar-refractivity contribution in [3.8, 4) is 0 Å². The SMILES string of the molecule is CCN(C)CC1CN(C)CCO1. The Morgan fingerprint density at radius 2 is 2.33 bits per heavy atom. The summed E-state index contributed by atoms with van der Waals surface area (Å²) >= 11 is 0. The topological polar surface area (TPSA) is 15.7 Å². The quantitative estimate of drug-likeness (QED) is 0.607. The minimum Gasteiger partial charge on any atom is -0.374 e. The minimum atomic E-state index is 0.411. The van der Waals surface area contributed by atoms with Crippen molar-refractivity contribution < 1.29 is 4.74 Å². The molecule has 0 saturated carbocycles. The van der Waals surface area contributed by atoms with Gasteiger partial charge in [0.1, 0.15) is 0 Å². The Balaban J connectivity index is 2.22. The van der Waals surface area contributed by atoms with E-state index in [1.165, 1.54) is 0 Å². The molecule has 3 heteroatoms. The first-order valence-electron chi connectivity index (χ1n) is 4.71. The van der Waals surface area contributed by atoms with Gasteiger partial charge in [0.05, 0.1) is 12.7 Å². The Labute approximate surface area is 75.3 Å². The largest absolute Gasteiger partial charge is 0.374 e. The van der Waals surface area contributed by atoms with E-state index < -0.39 is 0 Å². The molecule has 0 N–H and O–H groups in total. The van der Waals surface area contributed by atoms with Crippen LogP contribution in [0.3, 0.4) is 0 Å². The fraction of sp³-hybridized carbons (Fsp3) is 1.00. The molecule has 1 aliphatic rings. The molecule has 0 spiro atoms. The number of ether oxygens (including phenoxy) is 1. The number of nitrogens with zero attached hydrogens (tertiary/aromatic N) is 2. The van der Waals surface area contributed by atoms with Crippen LogP contribution in [0.1, 0.15) is 6.92 Å². The second-order valence-electron chi connectivity index (χ2n) is 3.61. The van der Waals surface area contributed by atoms with E-state index in [0.717, 1.165) is 32.8 Å². The number of morpholine rings is 1. The van der Waals surface area contributed by atoms with Crippen molar-refractivity contribution in [3.05, 3.63) is 0 Å². The maximum Gasteiger partial charge on any atom is 0.0829 e. The molecule has 0 bridgehead atoms. The third kappa shape index (κ3) is 3.09. The van der Waals surface area contributed by atoms with Crippen LogP contribution in [-0.2, 0) is 4.74 Å². The van der Waals surface area contributed by atoms with Crippen LogP contribution in [0.25, 0.3) is 0 Å². The monoisotopic (exact) mass is 172 g/mol. The summed E-state index contributed by atoms with van der Waals surface area (Å²) in [4.78, 5) is 4.63. The van der Waals surface area contributed by atoms with Gasteiger partial charge in [0.15, 0.2) is 0 Å². The van der Waals surface area contributed by atoms with Crippen molar-refractivity contribution in [1.29, 1.82) is 0 Å². The standard InChI is InChI=1S/C9H20N2O/c1-4-10(2)7-9-8-11(3)5-6-12-9/h9H,4-8H2,1-3H3. The van der Waals surface area contributed by atoms with Crippen LogP contribution in [0, 0.1) is 0 Å². The van der Waals surface area contributed by atoms with Crippen LogP contribution >= 0.6 is 0 Å². The predicted molar refractivity (Wildman–Crippen MR) is 50.4 cm³/mol. The third-order valence-electron chi connectivity index (χ3n) is 2.40. The molecule has 3 nitrogen and oxygen atoms in total. The molecule has 0 amide bonds. The average molecular weight is 172 g/mol. The van der Waals surface area contributed by atoms with Gasteiger partial charge in [-0.2, -0.15) is 0 Å². The summed E-state index contributed by atoms with van der Waals surface area (Å²) in [7, 11) is 4.29. The van der Waals surface area contributed by atoms with Gasteiger partial charge in [-0.25, -0.2) is 0 Å². The van der Waals surface area contributed by atoms with E-state index in [4.69, 9.17) is 4.74 Å². The minimum absolute atomic E-state index is 0.411. The van der Waals surface area contributed by atoms with Crippen molar-refractivity contribution in [1.82, 2.24) is 9.80 Å². The smallest absolute Gasteiger partial charge is 0.0829 e. The van der Waals surface area contributed by atoms with Gasteiger partial charge in [0.2, 0.25) is 0 Å². The van der Waals surface area contributed by atoms with Crippen LogP contribution in [0.5, 0.6) is 0 Å². The van der Waals surface area contributed by atoms with E-state index in [1.54, 1.807) is 0 Å². The molecule has 0 aromatic rings. The Bertz CT molecular complexity index is 130. The summed E-state index contributed by atoms with van der Waals surface area (Å²) in [6, 6.07) is 0. The van der Waals surface area contributed by atoms with Crippen LogP contribution in [0.4, 0.5) is 0 Å². The van der Waals surface area contributed by atoms with E-state index in [-0.39, 0.29) is 0 Å². The highest BCUT2D eigenvalue weighted by atomic mass is 16.5. The second kappa shape index (κ2) is 4.80. The molecule has 1 heterocycles. The molecular formula is C9H20N2O. The van der Waals surface area contributed by atoms with Gasteiger partial charge < -0.3 is 14.5 Å². The summed E-state index contributed by atoms with van der Waals surface area (Å²) < 4.78 is 5.64. The van der Waals surface area contributed by atoms with Crippen molar-refractivity contribution in [2.45, 2.75) is 13.0 Å². The summed E-state index contributed by atoms with van der Waals surface area (Å²) in [6.45, 7) is 7.37. The lowest BCUT2D eigenvalue weighted by Crippen LogP contribution is -2.45. The van der Waals surface area contributed by atoms with Gasteiger partial charge in [0, 0.05) is 19.6 Å². The average Bonchev–Trinajstić information content (AvgIpc) is 2.04. The van der Waals surface area contributed by atoms with E-state index in [2.05, 4.69) is 30.8 Å². The normalized spacial score (nSPS) is 26.5. The molecule has 1 aliphatic heterocycles. The first-order chi connectivity index (χ1) is 5.72. The zero-order valence-electron chi connectivity index (χ0n) is 8.42. The Hall–Kier alpha value is -0.120. The first-order valence-corrected chi connectivity index (χ1v) is 4.71. The van der Waals surface area contributed by atoms with E-state index >= 15 is 0 Å². The van der Waals surface area contributed by atoms with Crippen molar-refractivity contribution in [2.75, 3.05) is 46.9 Å². The van der Waals surface area contributed by atoms with Gasteiger partial charge in [0.25, 0.3) is 0 Å². The fourth-order valence-corrected chi connectivity index (χ4v) is 1.45. The van der Waals surface area contributed by atoms with Crippen LogP contribution < -0.4 is 0 Å². The lowest BCUT2D eigenvalue weighted by atomic mass is 10.2. The Morgan fingerprint density at radius 1 is 1.58 bits per heavy atom. The zero-order chi connectivity index (χ0) is 8.97. The first kappa shape index (κ1) is 9.96. The maximum absolute atomic E-state index is 5.64. The number of rotatable bonds is 3. The molecule has 0 radical (unpaired) electrons. The molecule has 1 atom stereocenters. The molecule has 1 rings (SSSR count). The lowest BCUT2D eigenvalue weighted by molar-refractivity contribution is -0.0319. The van der Waals surface area contributed by atoms with E-state index in [9.17, 15) is 0 Å². The molecule has 0 aromatic carbocycles. The van der Waals surface area contributed by atoms with Crippen molar-refractivity contribution >= 4 is 0 Å². The van der Waals surface area contributed by atoms with Gasteiger partial charge >= 0.3 is 0 Å². The second-order valence-corrected chi connectivity index (χ2v) is 3.61. The number of likely N-dealkylation sites (N-methyl/N-ethyl adjacent to an activating group) is 2. The fourth-order valence-electron chi connectivity index (χ4n) is 1.45. The van der Waals surface area contributed by atoms with Crippen LogP contribution in [0.15, 0.2) is 0 Å². The highest BCUT2D eigenvalue weighted by molar-refractivity contribution is 4.71. The molecule has 12 heavy (non-hydrogen) atoms. The summed E-state index contributed by atoms with van der Waals surface area (Å²) in [5.41, 5.74) is 0. The molecular weight excluding hydrogens is 152 g/mol. The highest BCUT2D eigenvalue weighted by Crippen LogP contribution is 2.03. The van der Waals surface area contributed by atoms with E-state index in [1.807, 2.05) is 0 Å². The molecule has 0 aromatic heterocycles. The van der Waals surface area contributed by atoms with Crippen LogP contribution in [-0.4, -0.2) is 62.8 Å². The Morgan fingerprint density at radius 3 is 2.92 bits per heavy atom. The zero-order valence-corrected chi connectivity index (χ0v) is 8.42.